The summed E-state index contributed by atoms with van der Waals surface area (Å²) in [6.45, 7) is 10.8. The average Bonchev–Trinajstić information content (AvgIpc) is 3.00. The van der Waals surface area contributed by atoms with Crippen LogP contribution in [0.1, 0.15) is 52.9 Å². The number of nitrogens with one attached hydrogen (secondary N) is 1. The number of hydrogen-bond acceptors (Lipinski definition) is 2. The Morgan fingerprint density at radius 2 is 1.88 bits per heavy atom. The molecule has 0 saturated heterocycles. The summed E-state index contributed by atoms with van der Waals surface area (Å²) in [4.78, 5) is 2.73. The van der Waals surface area contributed by atoms with E-state index in [1.54, 1.807) is 0 Å². The molecule has 2 atom stereocenters. The van der Waals surface area contributed by atoms with Gasteiger partial charge in [-0.2, -0.15) is 0 Å². The van der Waals surface area contributed by atoms with Crippen molar-refractivity contribution < 1.29 is 0 Å². The van der Waals surface area contributed by atoms with E-state index in [4.69, 9.17) is 0 Å². The van der Waals surface area contributed by atoms with Crippen LogP contribution in [-0.4, -0.2) is 36.6 Å². The van der Waals surface area contributed by atoms with Crippen molar-refractivity contribution in [3.63, 3.8) is 0 Å². The Hall–Kier alpha value is -0.0800. The Morgan fingerprint density at radius 1 is 1.12 bits per heavy atom. The highest BCUT2D eigenvalue weighted by Gasteiger charge is 2.31. The molecule has 0 aromatic heterocycles. The zero-order chi connectivity index (χ0) is 12.3. The van der Waals surface area contributed by atoms with E-state index < -0.39 is 0 Å². The van der Waals surface area contributed by atoms with Crippen LogP contribution in [0, 0.1) is 11.8 Å². The van der Waals surface area contributed by atoms with Crippen molar-refractivity contribution in [3.8, 4) is 0 Å². The topological polar surface area (TPSA) is 15.3 Å². The lowest BCUT2D eigenvalue weighted by molar-refractivity contribution is 0.168. The van der Waals surface area contributed by atoms with E-state index in [-0.39, 0.29) is 0 Å². The summed E-state index contributed by atoms with van der Waals surface area (Å²) in [6.07, 6.45) is 7.21. The minimum Gasteiger partial charge on any atom is -0.314 e. The molecular weight excluding hydrogens is 208 g/mol. The molecule has 17 heavy (non-hydrogen) atoms. The summed E-state index contributed by atoms with van der Waals surface area (Å²) in [5, 5.41) is 3.68. The van der Waals surface area contributed by atoms with Gasteiger partial charge in [0.25, 0.3) is 0 Å². The van der Waals surface area contributed by atoms with Crippen LogP contribution < -0.4 is 5.32 Å². The first kappa shape index (κ1) is 13.4. The van der Waals surface area contributed by atoms with Gasteiger partial charge in [-0.3, -0.25) is 0 Å². The highest BCUT2D eigenvalue weighted by atomic mass is 15.2. The Kier molecular flexibility index (Phi) is 4.87. The zero-order valence-electron chi connectivity index (χ0n) is 11.9. The minimum atomic E-state index is 0.721. The van der Waals surface area contributed by atoms with Crippen molar-refractivity contribution >= 4 is 0 Å². The fraction of sp³-hybridized carbons (Fsp3) is 1.00. The monoisotopic (exact) mass is 238 g/mol. The van der Waals surface area contributed by atoms with Crippen molar-refractivity contribution in [2.24, 2.45) is 11.8 Å². The van der Waals surface area contributed by atoms with Crippen LogP contribution >= 0.6 is 0 Å². The zero-order valence-corrected chi connectivity index (χ0v) is 11.9. The van der Waals surface area contributed by atoms with Crippen molar-refractivity contribution in [3.05, 3.63) is 0 Å². The third kappa shape index (κ3) is 3.96. The molecule has 0 radical (unpaired) electrons. The smallest absolute Gasteiger partial charge is 0.0107 e. The number of rotatable bonds is 7. The molecule has 2 nitrogen and oxygen atoms in total. The summed E-state index contributed by atoms with van der Waals surface area (Å²) in [7, 11) is 0. The molecule has 2 fully saturated rings. The molecule has 0 heterocycles. The first-order chi connectivity index (χ1) is 8.20. The van der Waals surface area contributed by atoms with Crippen LogP contribution in [0.4, 0.5) is 0 Å². The predicted molar refractivity (Wildman–Crippen MR) is 74.2 cm³/mol. The van der Waals surface area contributed by atoms with Gasteiger partial charge in [0.05, 0.1) is 0 Å². The Labute approximate surface area is 107 Å². The summed E-state index contributed by atoms with van der Waals surface area (Å²) < 4.78 is 0. The molecule has 0 aliphatic heterocycles. The quantitative estimate of drug-likeness (QED) is 0.733. The van der Waals surface area contributed by atoms with Crippen LogP contribution in [0.15, 0.2) is 0 Å². The van der Waals surface area contributed by atoms with E-state index in [1.165, 1.54) is 45.2 Å². The van der Waals surface area contributed by atoms with E-state index in [2.05, 4.69) is 31.0 Å². The lowest BCUT2D eigenvalue weighted by atomic mass is 10.0. The van der Waals surface area contributed by atoms with Gasteiger partial charge in [-0.25, -0.2) is 0 Å². The molecule has 0 spiro atoms. The minimum absolute atomic E-state index is 0.721. The van der Waals surface area contributed by atoms with Crippen molar-refractivity contribution in [1.29, 1.82) is 0 Å². The molecule has 2 unspecified atom stereocenters. The van der Waals surface area contributed by atoms with Gasteiger partial charge in [0.1, 0.15) is 0 Å². The van der Waals surface area contributed by atoms with E-state index in [9.17, 15) is 0 Å². The van der Waals surface area contributed by atoms with Gasteiger partial charge in [-0.1, -0.05) is 13.3 Å². The Balaban J connectivity index is 1.82. The lowest BCUT2D eigenvalue weighted by Crippen LogP contribution is -2.42. The maximum atomic E-state index is 3.68. The fourth-order valence-electron chi connectivity index (χ4n) is 3.22. The second-order valence-corrected chi connectivity index (χ2v) is 6.35. The van der Waals surface area contributed by atoms with E-state index in [0.29, 0.717) is 0 Å². The first-order valence-corrected chi connectivity index (χ1v) is 7.68. The highest BCUT2D eigenvalue weighted by Crippen LogP contribution is 2.32. The highest BCUT2D eigenvalue weighted by molar-refractivity contribution is 4.87. The van der Waals surface area contributed by atoms with Gasteiger partial charge >= 0.3 is 0 Å². The van der Waals surface area contributed by atoms with Gasteiger partial charge in [-0.05, 0) is 57.9 Å². The second kappa shape index (κ2) is 6.19. The van der Waals surface area contributed by atoms with Crippen LogP contribution in [0.25, 0.3) is 0 Å². The Bertz CT molecular complexity index is 223. The summed E-state index contributed by atoms with van der Waals surface area (Å²) >= 11 is 0. The predicted octanol–water partition coefficient (Wildman–Crippen LogP) is 2.89. The van der Waals surface area contributed by atoms with Crippen LogP contribution in [-0.2, 0) is 0 Å². The molecule has 2 rings (SSSR count). The molecule has 1 N–H and O–H groups in total. The third-order valence-corrected chi connectivity index (χ3v) is 4.51. The van der Waals surface area contributed by atoms with Gasteiger partial charge < -0.3 is 10.2 Å². The molecule has 2 aliphatic rings. The second-order valence-electron chi connectivity index (χ2n) is 6.35. The third-order valence-electron chi connectivity index (χ3n) is 4.51. The van der Waals surface area contributed by atoms with Crippen molar-refractivity contribution in [1.82, 2.24) is 10.2 Å². The van der Waals surface area contributed by atoms with Gasteiger partial charge in [0, 0.05) is 25.2 Å². The van der Waals surface area contributed by atoms with E-state index in [0.717, 1.165) is 30.5 Å². The van der Waals surface area contributed by atoms with Crippen LogP contribution in [0.3, 0.4) is 0 Å². The van der Waals surface area contributed by atoms with Crippen molar-refractivity contribution in [2.45, 2.75) is 65.0 Å². The van der Waals surface area contributed by atoms with Gasteiger partial charge in [-0.15, -0.1) is 0 Å². The molecule has 0 amide bonds. The molecule has 0 aromatic rings. The first-order valence-electron chi connectivity index (χ1n) is 7.68. The standard InChI is InChI=1S/C15H30N2/c1-4-16-15-7-5-6-14(15)11-17(12(2)3)10-13-8-9-13/h12-16H,4-11H2,1-3H3. The number of hydrogen-bond donors (Lipinski definition) is 1. The largest absolute Gasteiger partial charge is 0.314 e. The summed E-state index contributed by atoms with van der Waals surface area (Å²) in [5.74, 6) is 1.92. The SMILES string of the molecule is CCNC1CCCC1CN(CC1CC1)C(C)C. The Morgan fingerprint density at radius 3 is 2.47 bits per heavy atom. The van der Waals surface area contributed by atoms with E-state index >= 15 is 0 Å². The molecule has 2 aliphatic carbocycles. The average molecular weight is 238 g/mol. The molecule has 0 aromatic carbocycles. The molecular formula is C15H30N2. The van der Waals surface area contributed by atoms with E-state index in [1.807, 2.05) is 0 Å². The molecule has 0 bridgehead atoms. The molecule has 2 heteroatoms. The maximum absolute atomic E-state index is 3.68. The van der Waals surface area contributed by atoms with Crippen molar-refractivity contribution in [2.75, 3.05) is 19.6 Å². The fourth-order valence-corrected chi connectivity index (χ4v) is 3.22. The lowest BCUT2D eigenvalue weighted by Gasteiger charge is -2.32. The van der Waals surface area contributed by atoms with Gasteiger partial charge in [0.15, 0.2) is 0 Å². The summed E-state index contributed by atoms with van der Waals surface area (Å²) in [5.41, 5.74) is 0. The van der Waals surface area contributed by atoms with Crippen LogP contribution in [0.5, 0.6) is 0 Å². The number of nitrogens with zero attached hydrogens (tertiary/aromatic N) is 1. The maximum Gasteiger partial charge on any atom is 0.0107 e. The van der Waals surface area contributed by atoms with Crippen LogP contribution in [0.2, 0.25) is 0 Å². The molecule has 100 valence electrons. The normalized spacial score (nSPS) is 29.5. The summed E-state index contributed by atoms with van der Waals surface area (Å²) in [6, 6.07) is 1.51. The molecule has 2 saturated carbocycles. The van der Waals surface area contributed by atoms with Gasteiger partial charge in [0.2, 0.25) is 0 Å².